The molecule has 3 rings (SSSR count). The van der Waals surface area contributed by atoms with E-state index in [1.807, 2.05) is 32.1 Å². The molecular weight excluding hydrogens is 274 g/mol. The van der Waals surface area contributed by atoms with Crippen LogP contribution in [0.2, 0.25) is 0 Å². The van der Waals surface area contributed by atoms with Crippen LogP contribution in [0.15, 0.2) is 35.8 Å². The maximum atomic E-state index is 12.0. The summed E-state index contributed by atoms with van der Waals surface area (Å²) in [5, 5.41) is 2.91. The number of thiophene rings is 1. The zero-order chi connectivity index (χ0) is 14.1. The molecule has 1 N–H and O–H groups in total. The molecule has 4 nitrogen and oxygen atoms in total. The van der Waals surface area contributed by atoms with Gasteiger partial charge in [-0.2, -0.15) is 0 Å². The van der Waals surface area contributed by atoms with Gasteiger partial charge in [0.1, 0.15) is 5.76 Å². The number of rotatable bonds is 3. The van der Waals surface area contributed by atoms with Crippen LogP contribution in [0, 0.1) is 0 Å². The van der Waals surface area contributed by atoms with E-state index in [-0.39, 0.29) is 17.9 Å². The van der Waals surface area contributed by atoms with Gasteiger partial charge in [-0.1, -0.05) is 6.08 Å². The van der Waals surface area contributed by atoms with Crippen LogP contribution in [-0.2, 0) is 9.47 Å². The van der Waals surface area contributed by atoms with Crippen molar-refractivity contribution in [3.05, 3.63) is 45.6 Å². The Hall–Kier alpha value is -1.75. The molecule has 1 aromatic heterocycles. The van der Waals surface area contributed by atoms with E-state index in [0.717, 1.165) is 22.8 Å². The van der Waals surface area contributed by atoms with Crippen molar-refractivity contribution >= 4 is 17.2 Å². The molecule has 2 heterocycles. The molecule has 5 heteroatoms. The van der Waals surface area contributed by atoms with Crippen LogP contribution in [-0.4, -0.2) is 18.7 Å². The summed E-state index contributed by atoms with van der Waals surface area (Å²) >= 11 is 1.54. The highest BCUT2D eigenvalue weighted by atomic mass is 32.1. The lowest BCUT2D eigenvalue weighted by atomic mass is 9.97. The fourth-order valence-electron chi connectivity index (χ4n) is 2.29. The second-order valence-corrected chi connectivity index (χ2v) is 6.31. The second-order valence-electron chi connectivity index (χ2n) is 5.19. The fourth-order valence-corrected chi connectivity index (χ4v) is 3.28. The third-order valence-electron chi connectivity index (χ3n) is 3.24. The highest BCUT2D eigenvalue weighted by Crippen LogP contribution is 2.37. The lowest BCUT2D eigenvalue weighted by Crippen LogP contribution is -2.29. The van der Waals surface area contributed by atoms with Gasteiger partial charge >= 0.3 is 0 Å². The fraction of sp³-hybridized carbons (Fsp3) is 0.400. The van der Waals surface area contributed by atoms with Gasteiger partial charge in [-0.05, 0) is 32.1 Å². The van der Waals surface area contributed by atoms with Crippen LogP contribution in [0.5, 0.6) is 0 Å². The maximum absolute atomic E-state index is 12.0. The summed E-state index contributed by atoms with van der Waals surface area (Å²) in [4.78, 5) is 13.9. The van der Waals surface area contributed by atoms with E-state index in [1.165, 1.54) is 4.88 Å². The van der Waals surface area contributed by atoms with Crippen LogP contribution in [0.1, 0.15) is 40.7 Å². The normalized spacial score (nSPS) is 20.6. The van der Waals surface area contributed by atoms with Crippen molar-refractivity contribution in [1.82, 2.24) is 5.32 Å². The van der Waals surface area contributed by atoms with Crippen molar-refractivity contribution in [2.45, 2.75) is 32.2 Å². The minimum absolute atomic E-state index is 0.00334. The van der Waals surface area contributed by atoms with E-state index in [0.29, 0.717) is 6.79 Å². The predicted octanol–water partition coefficient (Wildman–Crippen LogP) is 3.15. The standard InChI is InChI=1S/C15H17NO3S/c1-9(2)16-15(17)14-6-5-13(20-14)10-3-4-11-12(7-10)19-8-18-11/h3-6,9-10H,7-8H2,1-2H3,(H,16,17). The quantitative estimate of drug-likeness (QED) is 0.930. The number of carbonyl (C=O) groups excluding carboxylic acids is 1. The highest BCUT2D eigenvalue weighted by Gasteiger charge is 2.25. The number of hydrogen-bond donors (Lipinski definition) is 1. The molecule has 1 atom stereocenters. The van der Waals surface area contributed by atoms with Crippen LogP contribution in [0.4, 0.5) is 0 Å². The van der Waals surface area contributed by atoms with Gasteiger partial charge in [-0.25, -0.2) is 0 Å². The molecule has 0 aromatic carbocycles. The van der Waals surface area contributed by atoms with Crippen molar-refractivity contribution in [2.24, 2.45) is 0 Å². The number of amides is 1. The van der Waals surface area contributed by atoms with Crippen molar-refractivity contribution < 1.29 is 14.3 Å². The van der Waals surface area contributed by atoms with Gasteiger partial charge in [0.15, 0.2) is 5.76 Å². The predicted molar refractivity (Wildman–Crippen MR) is 77.5 cm³/mol. The molecule has 0 spiro atoms. The topological polar surface area (TPSA) is 47.6 Å². The molecule has 2 aliphatic rings. The average Bonchev–Trinajstić information content (AvgIpc) is 3.06. The monoisotopic (exact) mass is 291 g/mol. The summed E-state index contributed by atoms with van der Waals surface area (Å²) in [6.07, 6.45) is 4.88. The Morgan fingerprint density at radius 1 is 1.40 bits per heavy atom. The first-order valence-electron chi connectivity index (χ1n) is 6.71. The van der Waals surface area contributed by atoms with Crippen LogP contribution >= 0.6 is 11.3 Å². The zero-order valence-corrected chi connectivity index (χ0v) is 12.3. The van der Waals surface area contributed by atoms with Gasteiger partial charge in [-0.15, -0.1) is 11.3 Å². The zero-order valence-electron chi connectivity index (χ0n) is 11.5. The lowest BCUT2D eigenvalue weighted by molar-refractivity contribution is 0.0725. The van der Waals surface area contributed by atoms with Crippen molar-refractivity contribution in [3.63, 3.8) is 0 Å². The number of carbonyl (C=O) groups is 1. The van der Waals surface area contributed by atoms with E-state index >= 15 is 0 Å². The Balaban J connectivity index is 1.72. The summed E-state index contributed by atoms with van der Waals surface area (Å²) in [5.74, 6) is 2.02. The third-order valence-corrected chi connectivity index (χ3v) is 4.46. The van der Waals surface area contributed by atoms with E-state index in [1.54, 1.807) is 11.3 Å². The van der Waals surface area contributed by atoms with Crippen molar-refractivity contribution in [3.8, 4) is 0 Å². The minimum atomic E-state index is -0.00334. The molecule has 0 saturated heterocycles. The second kappa shape index (κ2) is 5.32. The summed E-state index contributed by atoms with van der Waals surface area (Å²) in [6, 6.07) is 4.07. The Labute approximate surface area is 122 Å². The molecule has 1 aliphatic carbocycles. The van der Waals surface area contributed by atoms with Gasteiger partial charge in [-0.3, -0.25) is 4.79 Å². The first kappa shape index (κ1) is 13.2. The van der Waals surface area contributed by atoms with Crippen LogP contribution in [0.25, 0.3) is 0 Å². The van der Waals surface area contributed by atoms with E-state index in [9.17, 15) is 4.79 Å². The molecule has 0 radical (unpaired) electrons. The molecule has 1 aliphatic heterocycles. The summed E-state index contributed by atoms with van der Waals surface area (Å²) in [5.41, 5.74) is 0. The Morgan fingerprint density at radius 3 is 3.05 bits per heavy atom. The first-order valence-corrected chi connectivity index (χ1v) is 7.52. The lowest BCUT2D eigenvalue weighted by Gasteiger charge is -2.14. The number of allylic oxidation sites excluding steroid dienone is 3. The van der Waals surface area contributed by atoms with Crippen LogP contribution < -0.4 is 5.32 Å². The van der Waals surface area contributed by atoms with Gasteiger partial charge in [0.25, 0.3) is 5.91 Å². The Kier molecular flexibility index (Phi) is 3.53. The van der Waals surface area contributed by atoms with E-state index < -0.39 is 0 Å². The highest BCUT2D eigenvalue weighted by molar-refractivity contribution is 7.14. The number of ether oxygens (including phenoxy) is 2. The Morgan fingerprint density at radius 2 is 2.25 bits per heavy atom. The molecular formula is C15H17NO3S. The molecule has 0 bridgehead atoms. The van der Waals surface area contributed by atoms with Crippen molar-refractivity contribution in [1.29, 1.82) is 0 Å². The van der Waals surface area contributed by atoms with Gasteiger partial charge < -0.3 is 14.8 Å². The Bertz CT molecular complexity index is 586. The van der Waals surface area contributed by atoms with E-state index in [2.05, 4.69) is 11.4 Å². The summed E-state index contributed by atoms with van der Waals surface area (Å²) in [6.45, 7) is 4.23. The maximum Gasteiger partial charge on any atom is 0.261 e. The molecule has 0 saturated carbocycles. The number of nitrogens with one attached hydrogen (secondary N) is 1. The molecule has 1 amide bonds. The van der Waals surface area contributed by atoms with Gasteiger partial charge in [0.05, 0.1) is 4.88 Å². The summed E-state index contributed by atoms with van der Waals surface area (Å²) < 4.78 is 10.8. The van der Waals surface area contributed by atoms with Gasteiger partial charge in [0, 0.05) is 23.3 Å². The first-order chi connectivity index (χ1) is 9.63. The molecule has 0 fully saturated rings. The van der Waals surface area contributed by atoms with E-state index in [4.69, 9.17) is 9.47 Å². The largest absolute Gasteiger partial charge is 0.458 e. The number of hydrogen-bond acceptors (Lipinski definition) is 4. The molecule has 1 aromatic rings. The molecule has 1 unspecified atom stereocenters. The SMILES string of the molecule is CC(C)NC(=O)c1ccc(C2C=CC3=C(C2)OCO3)s1. The third kappa shape index (κ3) is 2.58. The average molecular weight is 291 g/mol. The minimum Gasteiger partial charge on any atom is -0.458 e. The molecule has 20 heavy (non-hydrogen) atoms. The summed E-state index contributed by atoms with van der Waals surface area (Å²) in [7, 11) is 0. The van der Waals surface area contributed by atoms with Crippen LogP contribution in [0.3, 0.4) is 0 Å². The van der Waals surface area contributed by atoms with Gasteiger partial charge in [0.2, 0.25) is 6.79 Å². The molecule has 106 valence electrons. The van der Waals surface area contributed by atoms with Crippen molar-refractivity contribution in [2.75, 3.05) is 6.79 Å². The smallest absolute Gasteiger partial charge is 0.261 e.